The van der Waals surface area contributed by atoms with Crippen LogP contribution in [0.15, 0.2) is 24.3 Å². The quantitative estimate of drug-likeness (QED) is 0.434. The molecule has 1 saturated carbocycles. The minimum absolute atomic E-state index is 0.0199. The molecule has 1 atom stereocenters. The van der Waals surface area contributed by atoms with Crippen LogP contribution in [0.1, 0.15) is 55.3 Å². The van der Waals surface area contributed by atoms with Crippen molar-refractivity contribution in [3.05, 3.63) is 34.9 Å². The van der Waals surface area contributed by atoms with E-state index in [1.165, 1.54) is 4.90 Å². The number of carbonyl (C=O) groups excluding carboxylic acids is 2. The Morgan fingerprint density at radius 3 is 2.29 bits per heavy atom. The highest BCUT2D eigenvalue weighted by Gasteiger charge is 2.43. The molecule has 2 fully saturated rings. The van der Waals surface area contributed by atoms with E-state index >= 15 is 0 Å². The molecule has 0 aromatic heterocycles. The average Bonchev–Trinajstić information content (AvgIpc) is 2.73. The molecule has 2 N–H and O–H groups in total. The fourth-order valence-electron chi connectivity index (χ4n) is 4.26. The first kappa shape index (κ1) is 21.1. The van der Waals surface area contributed by atoms with E-state index in [2.05, 4.69) is 0 Å². The summed E-state index contributed by atoms with van der Waals surface area (Å²) in [4.78, 5) is 25.8. The molecule has 7 nitrogen and oxygen atoms in total. The summed E-state index contributed by atoms with van der Waals surface area (Å²) in [6, 6.07) is 5.96. The molecule has 9 heteroatoms. The zero-order valence-corrected chi connectivity index (χ0v) is 17.1. The number of Topliss-reactive ketones (excluding diaryl/α,β-unsaturated/α-hetero) is 1. The molecular formula is C19H25ClN2O5S. The van der Waals surface area contributed by atoms with Gasteiger partial charge in [0.1, 0.15) is 5.37 Å². The van der Waals surface area contributed by atoms with Gasteiger partial charge in [-0.2, -0.15) is 0 Å². The van der Waals surface area contributed by atoms with Gasteiger partial charge in [0, 0.05) is 23.0 Å². The normalized spacial score (nSPS) is 25.9. The predicted octanol–water partition coefficient (Wildman–Crippen LogP) is 3.41. The SMILES string of the molecule is O=C(c1ccc(Cl)cc1)C1CCC(S(=O)(=O)C2CCCCN2C(=O)NO)CC1. The number of carbonyl (C=O) groups is 2. The van der Waals surface area contributed by atoms with Crippen molar-refractivity contribution in [1.82, 2.24) is 10.4 Å². The molecule has 1 saturated heterocycles. The largest absolute Gasteiger partial charge is 0.342 e. The van der Waals surface area contributed by atoms with Crippen LogP contribution in [-0.4, -0.2) is 47.5 Å². The Balaban J connectivity index is 1.66. The first-order valence-electron chi connectivity index (χ1n) is 9.57. The van der Waals surface area contributed by atoms with E-state index in [1.807, 2.05) is 0 Å². The number of sulfone groups is 1. The number of nitrogens with zero attached hydrogens (tertiary/aromatic N) is 1. The standard InChI is InChI=1S/C19H25ClN2O5S/c20-15-8-4-13(5-9-15)18(23)14-6-10-16(11-7-14)28(26,27)17-3-1-2-12-22(17)19(24)21-25/h4-5,8-9,14,16-17,25H,1-3,6-7,10-12H2,(H,21,24). The number of hydrogen-bond donors (Lipinski definition) is 2. The Kier molecular flexibility index (Phi) is 6.62. The summed E-state index contributed by atoms with van der Waals surface area (Å²) >= 11 is 5.86. The van der Waals surface area contributed by atoms with Crippen molar-refractivity contribution < 1.29 is 23.2 Å². The highest BCUT2D eigenvalue weighted by atomic mass is 35.5. The Morgan fingerprint density at radius 2 is 1.68 bits per heavy atom. The number of hydroxylamine groups is 1. The molecule has 1 aromatic rings. The topological polar surface area (TPSA) is 104 Å². The zero-order valence-electron chi connectivity index (χ0n) is 15.5. The smallest absolute Gasteiger partial charge is 0.306 e. The first-order valence-corrected chi connectivity index (χ1v) is 11.6. The van der Waals surface area contributed by atoms with E-state index in [0.29, 0.717) is 55.7 Å². The number of hydrogen-bond acceptors (Lipinski definition) is 5. The maximum atomic E-state index is 13.2. The van der Waals surface area contributed by atoms with Crippen LogP contribution < -0.4 is 5.48 Å². The second kappa shape index (κ2) is 8.80. The van der Waals surface area contributed by atoms with Crippen molar-refractivity contribution in [3.63, 3.8) is 0 Å². The third-order valence-corrected chi connectivity index (χ3v) is 8.72. The molecular weight excluding hydrogens is 404 g/mol. The summed E-state index contributed by atoms with van der Waals surface area (Å²) in [6.45, 7) is 0.306. The number of urea groups is 1. The molecule has 28 heavy (non-hydrogen) atoms. The molecule has 1 aromatic carbocycles. The Hall–Kier alpha value is -1.64. The highest BCUT2D eigenvalue weighted by molar-refractivity contribution is 7.92. The Bertz CT molecular complexity index is 819. The van der Waals surface area contributed by atoms with E-state index in [1.54, 1.807) is 29.7 Å². The molecule has 1 aliphatic carbocycles. The molecule has 0 bridgehead atoms. The summed E-state index contributed by atoms with van der Waals surface area (Å²) in [5.41, 5.74) is 2.14. The van der Waals surface area contributed by atoms with Gasteiger partial charge in [-0.1, -0.05) is 11.6 Å². The minimum atomic E-state index is -3.58. The average molecular weight is 429 g/mol. The van der Waals surface area contributed by atoms with Crippen molar-refractivity contribution in [1.29, 1.82) is 0 Å². The predicted molar refractivity (Wildman–Crippen MR) is 105 cm³/mol. The third kappa shape index (κ3) is 4.34. The lowest BCUT2D eigenvalue weighted by Gasteiger charge is -2.38. The lowest BCUT2D eigenvalue weighted by Crippen LogP contribution is -2.53. The summed E-state index contributed by atoms with van der Waals surface area (Å²) in [7, 11) is -3.58. The van der Waals surface area contributed by atoms with Crippen LogP contribution in [0.2, 0.25) is 5.02 Å². The van der Waals surface area contributed by atoms with E-state index in [9.17, 15) is 18.0 Å². The minimum Gasteiger partial charge on any atom is -0.306 e. The van der Waals surface area contributed by atoms with Gasteiger partial charge in [0.15, 0.2) is 15.6 Å². The second-order valence-electron chi connectivity index (χ2n) is 7.49. The Labute approximate surface area is 169 Å². The summed E-state index contributed by atoms with van der Waals surface area (Å²) in [5, 5.41) is 8.00. The van der Waals surface area contributed by atoms with Crippen LogP contribution in [0, 0.1) is 5.92 Å². The van der Waals surface area contributed by atoms with Crippen LogP contribution in [0.25, 0.3) is 0 Å². The van der Waals surface area contributed by atoms with E-state index in [-0.39, 0.29) is 11.7 Å². The van der Waals surface area contributed by atoms with Crippen molar-refractivity contribution in [2.75, 3.05) is 6.54 Å². The lowest BCUT2D eigenvalue weighted by atomic mass is 9.83. The van der Waals surface area contributed by atoms with Crippen LogP contribution >= 0.6 is 11.6 Å². The first-order chi connectivity index (χ1) is 13.3. The fraction of sp³-hybridized carbons (Fsp3) is 0.579. The van der Waals surface area contributed by atoms with E-state index < -0.39 is 26.5 Å². The second-order valence-corrected chi connectivity index (χ2v) is 10.3. The molecule has 2 amide bonds. The maximum absolute atomic E-state index is 13.2. The molecule has 2 aliphatic rings. The van der Waals surface area contributed by atoms with Crippen molar-refractivity contribution in [3.8, 4) is 0 Å². The van der Waals surface area contributed by atoms with Crippen molar-refractivity contribution >= 4 is 33.3 Å². The Morgan fingerprint density at radius 1 is 1.04 bits per heavy atom. The number of piperidine rings is 1. The third-order valence-electron chi connectivity index (χ3n) is 5.82. The lowest BCUT2D eigenvalue weighted by molar-refractivity contribution is 0.0889. The molecule has 0 radical (unpaired) electrons. The van der Waals surface area contributed by atoms with Gasteiger partial charge >= 0.3 is 6.03 Å². The number of likely N-dealkylation sites (tertiary alicyclic amines) is 1. The van der Waals surface area contributed by atoms with Gasteiger partial charge in [0.05, 0.1) is 5.25 Å². The van der Waals surface area contributed by atoms with E-state index in [4.69, 9.17) is 16.8 Å². The number of nitrogens with one attached hydrogen (secondary N) is 1. The van der Waals surface area contributed by atoms with Gasteiger partial charge < -0.3 is 4.90 Å². The van der Waals surface area contributed by atoms with Gasteiger partial charge in [-0.3, -0.25) is 10.0 Å². The van der Waals surface area contributed by atoms with Crippen LogP contribution in [-0.2, 0) is 9.84 Å². The fourth-order valence-corrected chi connectivity index (χ4v) is 6.82. The molecule has 154 valence electrons. The number of rotatable bonds is 4. The van der Waals surface area contributed by atoms with Gasteiger partial charge in [-0.05, 0) is 69.2 Å². The molecule has 0 spiro atoms. The molecule has 1 aliphatic heterocycles. The summed E-state index contributed by atoms with van der Waals surface area (Å²) in [6.07, 6.45) is 3.62. The van der Waals surface area contributed by atoms with E-state index in [0.717, 1.165) is 6.42 Å². The van der Waals surface area contributed by atoms with Gasteiger partial charge in [-0.15, -0.1) is 0 Å². The van der Waals surface area contributed by atoms with Crippen molar-refractivity contribution in [2.24, 2.45) is 5.92 Å². The van der Waals surface area contributed by atoms with Gasteiger partial charge in [0.2, 0.25) is 0 Å². The van der Waals surface area contributed by atoms with Crippen LogP contribution in [0.4, 0.5) is 4.79 Å². The van der Waals surface area contributed by atoms with Gasteiger partial charge in [0.25, 0.3) is 0 Å². The van der Waals surface area contributed by atoms with Crippen LogP contribution in [0.3, 0.4) is 0 Å². The zero-order chi connectivity index (χ0) is 20.3. The number of halogens is 1. The highest BCUT2D eigenvalue weighted by Crippen LogP contribution is 2.35. The van der Waals surface area contributed by atoms with Crippen molar-refractivity contribution in [2.45, 2.75) is 55.6 Å². The monoisotopic (exact) mass is 428 g/mol. The van der Waals surface area contributed by atoms with Crippen LogP contribution in [0.5, 0.6) is 0 Å². The number of benzene rings is 1. The summed E-state index contributed by atoms with van der Waals surface area (Å²) < 4.78 is 26.3. The number of ketones is 1. The number of amides is 2. The molecule has 3 rings (SSSR count). The van der Waals surface area contributed by atoms with Gasteiger partial charge in [-0.25, -0.2) is 18.7 Å². The summed E-state index contributed by atoms with van der Waals surface area (Å²) in [5.74, 6) is -0.178. The maximum Gasteiger partial charge on any atom is 0.342 e. The molecule has 1 heterocycles. The molecule has 1 unspecified atom stereocenters.